The highest BCUT2D eigenvalue weighted by Crippen LogP contribution is 2.30. The zero-order valence-corrected chi connectivity index (χ0v) is 17.7. The molecule has 2 atom stereocenters. The maximum absolute atomic E-state index is 12.7. The summed E-state index contributed by atoms with van der Waals surface area (Å²) in [6.07, 6.45) is -0.552. The molecule has 3 rings (SSSR count). The number of carbonyl (C=O) groups excluding carboxylic acids is 2. The minimum atomic E-state index is -1.07. The third kappa shape index (κ3) is 5.06. The summed E-state index contributed by atoms with van der Waals surface area (Å²) in [6, 6.07) is 16.7. The third-order valence-corrected chi connectivity index (χ3v) is 5.85. The van der Waals surface area contributed by atoms with Gasteiger partial charge in [-0.15, -0.1) is 11.3 Å². The van der Waals surface area contributed by atoms with Crippen LogP contribution in [0.2, 0.25) is 0 Å². The Hall–Kier alpha value is -3.16. The van der Waals surface area contributed by atoms with Crippen LogP contribution >= 0.6 is 11.3 Å². The fraction of sp³-hybridized carbons (Fsp3) is 0.217. The number of nitrogen functional groups attached to an aromatic ring is 1. The Balaban J connectivity index is 1.68. The molecule has 0 fully saturated rings. The first-order chi connectivity index (χ1) is 14.4. The largest absolute Gasteiger partial charge is 0.397 e. The normalized spacial score (nSPS) is 12.8. The second-order valence-corrected chi connectivity index (χ2v) is 8.12. The summed E-state index contributed by atoms with van der Waals surface area (Å²) in [5, 5.41) is 17.3. The average Bonchev–Trinajstić information content (AvgIpc) is 3.29. The minimum Gasteiger partial charge on any atom is -0.397 e. The second kappa shape index (κ2) is 9.56. The molecule has 1 aromatic heterocycles. The lowest BCUT2D eigenvalue weighted by Crippen LogP contribution is -2.37. The first-order valence-corrected chi connectivity index (χ1v) is 10.5. The van der Waals surface area contributed by atoms with Crippen LogP contribution in [0.3, 0.4) is 0 Å². The highest BCUT2D eigenvalue weighted by molar-refractivity contribution is 7.13. The molecule has 156 valence electrons. The van der Waals surface area contributed by atoms with Gasteiger partial charge in [0.1, 0.15) is 6.10 Å². The van der Waals surface area contributed by atoms with Gasteiger partial charge in [-0.3, -0.25) is 9.59 Å². The van der Waals surface area contributed by atoms with Gasteiger partial charge in [-0.25, -0.2) is 0 Å². The minimum absolute atomic E-state index is 0.246. The van der Waals surface area contributed by atoms with E-state index in [-0.39, 0.29) is 11.8 Å². The Morgan fingerprint density at radius 1 is 1.13 bits per heavy atom. The van der Waals surface area contributed by atoms with Gasteiger partial charge in [0.15, 0.2) is 0 Å². The summed E-state index contributed by atoms with van der Waals surface area (Å²) in [6.45, 7) is 1.81. The molecule has 3 aromatic rings. The van der Waals surface area contributed by atoms with Gasteiger partial charge in [0.25, 0.3) is 5.91 Å². The molecule has 2 unspecified atom stereocenters. The summed E-state index contributed by atoms with van der Waals surface area (Å²) < 4.78 is 0. The lowest BCUT2D eigenvalue weighted by Gasteiger charge is -2.17. The van der Waals surface area contributed by atoms with Crippen LogP contribution in [-0.2, 0) is 11.2 Å². The maximum atomic E-state index is 12.7. The number of aliphatic hydroxyl groups excluding tert-OH is 1. The first-order valence-electron chi connectivity index (χ1n) is 9.62. The van der Waals surface area contributed by atoms with Gasteiger partial charge in [-0.2, -0.15) is 0 Å². The number of likely N-dealkylation sites (N-methyl/N-ethyl adjacent to an activating group) is 1. The van der Waals surface area contributed by atoms with E-state index in [2.05, 4.69) is 10.6 Å². The molecular formula is C23H25N3O3S. The number of thiophene rings is 1. The van der Waals surface area contributed by atoms with Crippen LogP contribution in [0.25, 0.3) is 10.4 Å². The Morgan fingerprint density at radius 2 is 1.87 bits per heavy atom. The predicted octanol–water partition coefficient (Wildman–Crippen LogP) is 3.54. The van der Waals surface area contributed by atoms with Gasteiger partial charge in [-0.1, -0.05) is 31.2 Å². The van der Waals surface area contributed by atoms with E-state index in [1.165, 1.54) is 7.05 Å². The van der Waals surface area contributed by atoms with Crippen LogP contribution in [0.4, 0.5) is 11.4 Å². The van der Waals surface area contributed by atoms with E-state index in [0.29, 0.717) is 23.4 Å². The summed E-state index contributed by atoms with van der Waals surface area (Å²) in [4.78, 5) is 25.3. The summed E-state index contributed by atoms with van der Waals surface area (Å²) in [5.41, 5.74) is 9.53. The quantitative estimate of drug-likeness (QED) is 0.436. The molecule has 0 aliphatic rings. The van der Waals surface area contributed by atoms with Gasteiger partial charge in [0.2, 0.25) is 5.91 Å². The second-order valence-electron chi connectivity index (χ2n) is 7.17. The fourth-order valence-electron chi connectivity index (χ4n) is 3.14. The molecule has 1 heterocycles. The monoisotopic (exact) mass is 423 g/mol. The highest BCUT2D eigenvalue weighted by Gasteiger charge is 2.21. The van der Waals surface area contributed by atoms with Crippen molar-refractivity contribution in [1.82, 2.24) is 5.32 Å². The van der Waals surface area contributed by atoms with Crippen molar-refractivity contribution in [2.24, 2.45) is 5.92 Å². The molecule has 0 aliphatic heterocycles. The van der Waals surface area contributed by atoms with E-state index in [1.54, 1.807) is 29.5 Å². The van der Waals surface area contributed by atoms with Crippen molar-refractivity contribution >= 4 is 34.5 Å². The van der Waals surface area contributed by atoms with Crippen molar-refractivity contribution in [3.05, 3.63) is 71.1 Å². The van der Waals surface area contributed by atoms with Gasteiger partial charge in [0.05, 0.1) is 11.4 Å². The number of hydrogen-bond donors (Lipinski definition) is 4. The van der Waals surface area contributed by atoms with Crippen LogP contribution in [0.15, 0.2) is 60.0 Å². The standard InChI is InChI=1S/C23H25N3O3S/c1-14(21(27)23(29)25-2)12-15-5-7-16(8-6-15)22(28)26-19-13-17(9-10-18(19)24)20-4-3-11-30-20/h3-11,13-14,21,27H,12,24H2,1-2H3,(H,25,29)(H,26,28). The number of anilines is 2. The fourth-order valence-corrected chi connectivity index (χ4v) is 3.86. The number of benzene rings is 2. The van der Waals surface area contributed by atoms with Crippen LogP contribution in [-0.4, -0.2) is 30.1 Å². The topological polar surface area (TPSA) is 104 Å². The Morgan fingerprint density at radius 3 is 2.50 bits per heavy atom. The number of rotatable bonds is 7. The molecule has 0 bridgehead atoms. The molecule has 0 spiro atoms. The lowest BCUT2D eigenvalue weighted by atomic mass is 9.95. The number of aliphatic hydroxyl groups is 1. The van der Waals surface area contributed by atoms with Crippen molar-refractivity contribution in [2.75, 3.05) is 18.1 Å². The first kappa shape index (κ1) is 21.5. The molecule has 0 saturated carbocycles. The smallest absolute Gasteiger partial charge is 0.255 e. The summed E-state index contributed by atoms with van der Waals surface area (Å²) in [5.74, 6) is -0.902. The molecule has 2 amide bonds. The number of carbonyl (C=O) groups is 2. The molecule has 0 radical (unpaired) electrons. The van der Waals surface area contributed by atoms with Crippen LogP contribution in [0, 0.1) is 5.92 Å². The van der Waals surface area contributed by atoms with Crippen molar-refractivity contribution in [1.29, 1.82) is 0 Å². The van der Waals surface area contributed by atoms with Crippen molar-refractivity contribution in [3.63, 3.8) is 0 Å². The van der Waals surface area contributed by atoms with Gasteiger partial charge in [-0.05, 0) is 59.2 Å². The molecule has 30 heavy (non-hydrogen) atoms. The molecule has 0 saturated heterocycles. The van der Waals surface area contributed by atoms with Crippen molar-refractivity contribution in [2.45, 2.75) is 19.4 Å². The van der Waals surface area contributed by atoms with Gasteiger partial charge >= 0.3 is 0 Å². The van der Waals surface area contributed by atoms with Gasteiger partial charge < -0.3 is 21.5 Å². The number of hydrogen-bond acceptors (Lipinski definition) is 5. The molecule has 6 nitrogen and oxygen atoms in total. The van der Waals surface area contributed by atoms with Gasteiger partial charge in [0, 0.05) is 17.5 Å². The highest BCUT2D eigenvalue weighted by atomic mass is 32.1. The van der Waals surface area contributed by atoms with E-state index in [9.17, 15) is 14.7 Å². The molecule has 2 aromatic carbocycles. The summed E-state index contributed by atoms with van der Waals surface area (Å²) in [7, 11) is 1.49. The lowest BCUT2D eigenvalue weighted by molar-refractivity contribution is -0.131. The van der Waals surface area contributed by atoms with Crippen LogP contribution in [0.5, 0.6) is 0 Å². The van der Waals surface area contributed by atoms with E-state index in [1.807, 2.05) is 48.7 Å². The zero-order chi connectivity index (χ0) is 21.7. The van der Waals surface area contributed by atoms with Crippen molar-refractivity contribution < 1.29 is 14.7 Å². The Bertz CT molecular complexity index is 1020. The van der Waals surface area contributed by atoms with Crippen LogP contribution in [0.1, 0.15) is 22.8 Å². The SMILES string of the molecule is CNC(=O)C(O)C(C)Cc1ccc(C(=O)Nc2cc(-c3cccs3)ccc2N)cc1. The molecule has 0 aliphatic carbocycles. The van der Waals surface area contributed by atoms with E-state index in [4.69, 9.17) is 5.73 Å². The van der Waals surface area contributed by atoms with Crippen LogP contribution < -0.4 is 16.4 Å². The Kier molecular flexibility index (Phi) is 6.87. The molecule has 5 N–H and O–H groups in total. The number of nitrogens with two attached hydrogens (primary N) is 1. The van der Waals surface area contributed by atoms with E-state index < -0.39 is 12.0 Å². The summed E-state index contributed by atoms with van der Waals surface area (Å²) >= 11 is 1.62. The molecule has 7 heteroatoms. The average molecular weight is 424 g/mol. The number of amides is 2. The number of nitrogens with one attached hydrogen (secondary N) is 2. The Labute approximate surface area is 179 Å². The third-order valence-electron chi connectivity index (χ3n) is 4.94. The van der Waals surface area contributed by atoms with E-state index >= 15 is 0 Å². The zero-order valence-electron chi connectivity index (χ0n) is 16.9. The maximum Gasteiger partial charge on any atom is 0.255 e. The molecular weight excluding hydrogens is 398 g/mol. The predicted molar refractivity (Wildman–Crippen MR) is 122 cm³/mol. The van der Waals surface area contributed by atoms with E-state index in [0.717, 1.165) is 16.0 Å². The van der Waals surface area contributed by atoms with Crippen molar-refractivity contribution in [3.8, 4) is 10.4 Å².